The third kappa shape index (κ3) is 5.19. The number of likely N-dealkylation sites (tertiary alicyclic amines) is 2. The van der Waals surface area contributed by atoms with Gasteiger partial charge in [0.25, 0.3) is 0 Å². The summed E-state index contributed by atoms with van der Waals surface area (Å²) in [5.74, 6) is 1.27. The number of piperidine rings is 2. The average molecular weight is 346 g/mol. The second kappa shape index (κ2) is 9.02. The number of hydrogen-bond donors (Lipinski definition) is 2. The van der Waals surface area contributed by atoms with Crippen molar-refractivity contribution in [2.75, 3.05) is 52.1 Å². The van der Waals surface area contributed by atoms with Crippen LogP contribution in [0, 0.1) is 11.8 Å². The van der Waals surface area contributed by atoms with Crippen LogP contribution in [-0.4, -0.2) is 67.8 Å². The molecule has 0 spiro atoms. The molecule has 0 bridgehead atoms. The Bertz CT molecular complexity index is 520. The molecule has 1 aromatic rings. The summed E-state index contributed by atoms with van der Waals surface area (Å²) in [6.07, 6.45) is 5.82. The Hall–Kier alpha value is -1.10. The molecule has 1 atom stereocenters. The molecule has 25 heavy (non-hydrogen) atoms. The summed E-state index contributed by atoms with van der Waals surface area (Å²) < 4.78 is 0. The molecule has 0 amide bonds. The molecule has 4 nitrogen and oxygen atoms in total. The molecule has 140 valence electrons. The number of β-amino-alcohol motifs (C(OH)–C–C–N with tert-alkyl or cyclic N) is 1. The lowest BCUT2D eigenvalue weighted by molar-refractivity contribution is 0.0265. The summed E-state index contributed by atoms with van der Waals surface area (Å²) in [5, 5.41) is 13.9. The predicted molar refractivity (Wildman–Crippen MR) is 105 cm³/mol. The van der Waals surface area contributed by atoms with Gasteiger partial charge < -0.3 is 20.2 Å². The highest BCUT2D eigenvalue weighted by Gasteiger charge is 2.27. The van der Waals surface area contributed by atoms with Crippen LogP contribution in [-0.2, 0) is 6.42 Å². The van der Waals surface area contributed by atoms with Crippen LogP contribution in [0.25, 0.3) is 0 Å². The van der Waals surface area contributed by atoms with Crippen molar-refractivity contribution in [2.24, 2.45) is 11.8 Å². The molecule has 1 unspecified atom stereocenters. The van der Waals surface area contributed by atoms with Crippen molar-refractivity contribution in [3.63, 3.8) is 0 Å². The van der Waals surface area contributed by atoms with Crippen LogP contribution in [0.4, 0.5) is 5.69 Å². The van der Waals surface area contributed by atoms with Gasteiger partial charge in [-0.3, -0.25) is 0 Å². The summed E-state index contributed by atoms with van der Waals surface area (Å²) in [6.45, 7) is 5.41. The summed E-state index contributed by atoms with van der Waals surface area (Å²) >= 11 is 0. The minimum Gasteiger partial charge on any atom is -0.392 e. The van der Waals surface area contributed by atoms with Crippen molar-refractivity contribution < 1.29 is 5.11 Å². The third-order valence-electron chi connectivity index (χ3n) is 6.26. The summed E-state index contributed by atoms with van der Waals surface area (Å²) in [6, 6.07) is 8.66. The zero-order valence-electron chi connectivity index (χ0n) is 16.0. The largest absolute Gasteiger partial charge is 0.392 e. The van der Waals surface area contributed by atoms with E-state index < -0.39 is 0 Å². The van der Waals surface area contributed by atoms with Gasteiger partial charge in [-0.05, 0) is 88.8 Å². The van der Waals surface area contributed by atoms with Gasteiger partial charge in [-0.15, -0.1) is 0 Å². The molecule has 0 aliphatic carbocycles. The maximum atomic E-state index is 10.6. The van der Waals surface area contributed by atoms with E-state index in [4.69, 9.17) is 0 Å². The van der Waals surface area contributed by atoms with E-state index in [0.29, 0.717) is 5.92 Å². The Morgan fingerprint density at radius 2 is 1.76 bits per heavy atom. The minimum atomic E-state index is -0.143. The fourth-order valence-electron chi connectivity index (χ4n) is 4.45. The van der Waals surface area contributed by atoms with Crippen LogP contribution in [0.5, 0.6) is 0 Å². The van der Waals surface area contributed by atoms with Gasteiger partial charge in [0.15, 0.2) is 0 Å². The molecular weight excluding hydrogens is 310 g/mol. The van der Waals surface area contributed by atoms with E-state index in [1.54, 1.807) is 0 Å². The molecular formula is C21H35N3O. The Labute approximate surface area is 153 Å². The van der Waals surface area contributed by atoms with Crippen molar-refractivity contribution in [2.45, 2.75) is 38.2 Å². The van der Waals surface area contributed by atoms with Gasteiger partial charge in [-0.25, -0.2) is 0 Å². The summed E-state index contributed by atoms with van der Waals surface area (Å²) in [7, 11) is 4.19. The lowest BCUT2D eigenvalue weighted by atomic mass is 9.88. The molecule has 0 aromatic heterocycles. The van der Waals surface area contributed by atoms with Crippen LogP contribution < -0.4 is 5.32 Å². The molecule has 1 aromatic carbocycles. The predicted octanol–water partition coefficient (Wildman–Crippen LogP) is 2.69. The monoisotopic (exact) mass is 345 g/mol. The molecule has 2 heterocycles. The Balaban J connectivity index is 1.42. The first-order chi connectivity index (χ1) is 12.2. The van der Waals surface area contributed by atoms with E-state index in [-0.39, 0.29) is 6.10 Å². The zero-order valence-corrected chi connectivity index (χ0v) is 16.0. The van der Waals surface area contributed by atoms with Crippen LogP contribution in [0.2, 0.25) is 0 Å². The van der Waals surface area contributed by atoms with E-state index in [1.165, 1.54) is 30.5 Å². The highest BCUT2D eigenvalue weighted by molar-refractivity contribution is 5.50. The van der Waals surface area contributed by atoms with Gasteiger partial charge in [-0.1, -0.05) is 18.2 Å². The fraction of sp³-hybridized carbons (Fsp3) is 0.714. The van der Waals surface area contributed by atoms with Crippen molar-refractivity contribution in [3.8, 4) is 0 Å². The maximum absolute atomic E-state index is 10.6. The maximum Gasteiger partial charge on any atom is 0.0696 e. The number of aliphatic hydroxyl groups excluding tert-OH is 1. The SMILES string of the molecule is CNc1ccccc1CC1CCN(CC(O)C2CCN(C)CC2)CC1. The van der Waals surface area contributed by atoms with Gasteiger partial charge in [-0.2, -0.15) is 0 Å². The normalized spacial score (nSPS) is 22.8. The Morgan fingerprint density at radius 3 is 2.44 bits per heavy atom. The van der Waals surface area contributed by atoms with Crippen molar-refractivity contribution >= 4 is 5.69 Å². The van der Waals surface area contributed by atoms with Crippen LogP contribution in [0.15, 0.2) is 24.3 Å². The number of nitrogens with one attached hydrogen (secondary N) is 1. The van der Waals surface area contributed by atoms with E-state index >= 15 is 0 Å². The molecule has 0 saturated carbocycles. The first-order valence-electron chi connectivity index (χ1n) is 10.0. The molecule has 2 fully saturated rings. The fourth-order valence-corrected chi connectivity index (χ4v) is 4.45. The van der Waals surface area contributed by atoms with Crippen molar-refractivity contribution in [3.05, 3.63) is 29.8 Å². The third-order valence-corrected chi connectivity index (χ3v) is 6.26. The number of para-hydroxylation sites is 1. The zero-order chi connectivity index (χ0) is 17.6. The van der Waals surface area contributed by atoms with Gasteiger partial charge in [0, 0.05) is 19.3 Å². The number of aliphatic hydroxyl groups is 1. The first kappa shape index (κ1) is 18.7. The molecule has 3 rings (SSSR count). The molecule has 2 aliphatic heterocycles. The number of benzene rings is 1. The first-order valence-corrected chi connectivity index (χ1v) is 10.0. The van der Waals surface area contributed by atoms with Gasteiger partial charge in [0.1, 0.15) is 0 Å². The lowest BCUT2D eigenvalue weighted by Gasteiger charge is -2.37. The molecule has 2 N–H and O–H groups in total. The van der Waals surface area contributed by atoms with Gasteiger partial charge in [0.2, 0.25) is 0 Å². The minimum absolute atomic E-state index is 0.143. The van der Waals surface area contributed by atoms with Gasteiger partial charge >= 0.3 is 0 Å². The molecule has 2 saturated heterocycles. The number of hydrogen-bond acceptors (Lipinski definition) is 4. The van der Waals surface area contributed by atoms with E-state index in [2.05, 4.69) is 46.4 Å². The highest BCUT2D eigenvalue weighted by Crippen LogP contribution is 2.27. The second-order valence-corrected chi connectivity index (χ2v) is 8.06. The standard InChI is InChI=1S/C21H35N3O/c1-22-20-6-4-3-5-19(20)15-17-7-13-24(14-8-17)16-21(25)18-9-11-23(2)12-10-18/h3-6,17-18,21-22,25H,7-16H2,1-2H3. The van der Waals surface area contributed by atoms with E-state index in [1.807, 2.05) is 7.05 Å². The summed E-state index contributed by atoms with van der Waals surface area (Å²) in [5.41, 5.74) is 2.71. The molecule has 2 aliphatic rings. The number of rotatable bonds is 6. The van der Waals surface area contributed by atoms with Crippen molar-refractivity contribution in [1.82, 2.24) is 9.80 Å². The van der Waals surface area contributed by atoms with Crippen LogP contribution in [0.3, 0.4) is 0 Å². The smallest absolute Gasteiger partial charge is 0.0696 e. The van der Waals surface area contributed by atoms with Gasteiger partial charge in [0.05, 0.1) is 6.10 Å². The van der Waals surface area contributed by atoms with Crippen LogP contribution in [0.1, 0.15) is 31.2 Å². The van der Waals surface area contributed by atoms with Crippen LogP contribution >= 0.6 is 0 Å². The topological polar surface area (TPSA) is 38.7 Å². The lowest BCUT2D eigenvalue weighted by Crippen LogP contribution is -2.44. The van der Waals surface area contributed by atoms with Crippen molar-refractivity contribution in [1.29, 1.82) is 0 Å². The van der Waals surface area contributed by atoms with E-state index in [9.17, 15) is 5.11 Å². The Kier molecular flexibility index (Phi) is 6.74. The second-order valence-electron chi connectivity index (χ2n) is 8.06. The molecule has 0 radical (unpaired) electrons. The average Bonchev–Trinajstić information content (AvgIpc) is 2.64. The highest BCUT2D eigenvalue weighted by atomic mass is 16.3. The summed E-state index contributed by atoms with van der Waals surface area (Å²) in [4.78, 5) is 4.86. The van der Waals surface area contributed by atoms with E-state index in [0.717, 1.165) is 51.5 Å². The molecule has 4 heteroatoms. The number of anilines is 1. The quantitative estimate of drug-likeness (QED) is 0.831. The Morgan fingerprint density at radius 1 is 1.08 bits per heavy atom. The number of nitrogens with zero attached hydrogens (tertiary/aromatic N) is 2.